The average molecular weight is 464 g/mol. The Morgan fingerprint density at radius 3 is 2.50 bits per heavy atom. The van der Waals surface area contributed by atoms with Gasteiger partial charge in [0.25, 0.3) is 11.8 Å². The first-order valence-electron chi connectivity index (χ1n) is 10.8. The van der Waals surface area contributed by atoms with E-state index in [4.69, 9.17) is 18.6 Å². The summed E-state index contributed by atoms with van der Waals surface area (Å²) in [6, 6.07) is 18.5. The maximum Gasteiger partial charge on any atom is 0.329 e. The van der Waals surface area contributed by atoms with Crippen LogP contribution >= 0.6 is 0 Å². The highest BCUT2D eigenvalue weighted by Crippen LogP contribution is 2.30. The lowest BCUT2D eigenvalue weighted by molar-refractivity contribution is -0.150. The van der Waals surface area contributed by atoms with E-state index >= 15 is 0 Å². The summed E-state index contributed by atoms with van der Waals surface area (Å²) in [5.74, 6) is -0.450. The van der Waals surface area contributed by atoms with Crippen LogP contribution in [0.4, 0.5) is 0 Å². The molecule has 0 radical (unpaired) electrons. The van der Waals surface area contributed by atoms with Crippen LogP contribution in [0, 0.1) is 0 Å². The molecule has 0 aliphatic carbocycles. The lowest BCUT2D eigenvalue weighted by atomic mass is 10.1. The maximum absolute atomic E-state index is 12.7. The van der Waals surface area contributed by atoms with Crippen molar-refractivity contribution in [1.82, 2.24) is 10.6 Å². The first kappa shape index (κ1) is 22.9. The second-order valence-corrected chi connectivity index (χ2v) is 7.60. The third-order valence-corrected chi connectivity index (χ3v) is 5.06. The van der Waals surface area contributed by atoms with Crippen LogP contribution in [-0.4, -0.2) is 49.7 Å². The van der Waals surface area contributed by atoms with E-state index in [2.05, 4.69) is 10.6 Å². The van der Waals surface area contributed by atoms with E-state index in [9.17, 15) is 14.4 Å². The SMILES string of the molecule is O=C(COC(=O)C(Cc1ccccc1)NC(=O)c1ccco1)NCC1COc2ccccc2O1. The summed E-state index contributed by atoms with van der Waals surface area (Å²) in [5, 5.41) is 5.28. The number of carbonyl (C=O) groups excluding carboxylic acids is 3. The number of hydrogen-bond donors (Lipinski definition) is 2. The zero-order valence-electron chi connectivity index (χ0n) is 18.3. The van der Waals surface area contributed by atoms with E-state index < -0.39 is 30.4 Å². The Morgan fingerprint density at radius 2 is 1.74 bits per heavy atom. The Labute approximate surface area is 196 Å². The minimum absolute atomic E-state index is 0.0693. The van der Waals surface area contributed by atoms with Gasteiger partial charge in [-0.3, -0.25) is 9.59 Å². The normalized spacial score (nSPS) is 15.1. The number of carbonyl (C=O) groups is 3. The van der Waals surface area contributed by atoms with E-state index in [1.54, 1.807) is 18.2 Å². The van der Waals surface area contributed by atoms with Crippen molar-refractivity contribution in [3.05, 3.63) is 84.3 Å². The molecular formula is C25H24N2O7. The van der Waals surface area contributed by atoms with E-state index in [1.807, 2.05) is 42.5 Å². The van der Waals surface area contributed by atoms with Crippen LogP contribution in [0.5, 0.6) is 11.5 Å². The van der Waals surface area contributed by atoms with E-state index in [1.165, 1.54) is 12.3 Å². The van der Waals surface area contributed by atoms with Gasteiger partial charge in [0.1, 0.15) is 18.8 Å². The van der Waals surface area contributed by atoms with Crippen LogP contribution in [0.15, 0.2) is 77.4 Å². The number of para-hydroxylation sites is 2. The summed E-state index contributed by atoms with van der Waals surface area (Å²) in [6.45, 7) is -0.0205. The van der Waals surface area contributed by atoms with Gasteiger partial charge >= 0.3 is 5.97 Å². The zero-order valence-corrected chi connectivity index (χ0v) is 18.3. The van der Waals surface area contributed by atoms with Crippen LogP contribution in [0.3, 0.4) is 0 Å². The van der Waals surface area contributed by atoms with Crippen LogP contribution < -0.4 is 20.1 Å². The molecule has 0 fully saturated rings. The maximum atomic E-state index is 12.7. The van der Waals surface area contributed by atoms with Gasteiger partial charge in [0.2, 0.25) is 0 Å². The highest BCUT2D eigenvalue weighted by atomic mass is 16.6. The van der Waals surface area contributed by atoms with Gasteiger partial charge in [0, 0.05) is 6.42 Å². The summed E-state index contributed by atoms with van der Waals surface area (Å²) < 4.78 is 21.7. The fraction of sp³-hybridized carbons (Fsp3) is 0.240. The molecule has 1 aliphatic heterocycles. The fourth-order valence-corrected chi connectivity index (χ4v) is 3.36. The molecular weight excluding hydrogens is 440 g/mol. The number of benzene rings is 2. The second kappa shape index (κ2) is 11.0. The van der Waals surface area contributed by atoms with E-state index in [0.717, 1.165) is 5.56 Å². The Morgan fingerprint density at radius 1 is 0.971 bits per heavy atom. The first-order chi connectivity index (χ1) is 16.6. The fourth-order valence-electron chi connectivity index (χ4n) is 3.36. The van der Waals surface area contributed by atoms with Crippen molar-refractivity contribution in [2.45, 2.75) is 18.6 Å². The lowest BCUT2D eigenvalue weighted by Gasteiger charge is -2.26. The number of rotatable bonds is 9. The van der Waals surface area contributed by atoms with Gasteiger partial charge in [0.05, 0.1) is 12.8 Å². The van der Waals surface area contributed by atoms with Crippen molar-refractivity contribution >= 4 is 17.8 Å². The monoisotopic (exact) mass is 464 g/mol. The van der Waals surface area contributed by atoms with Gasteiger partial charge < -0.3 is 29.3 Å². The summed E-state index contributed by atoms with van der Waals surface area (Å²) in [5.41, 5.74) is 0.823. The van der Waals surface area contributed by atoms with Crippen molar-refractivity contribution in [3.8, 4) is 11.5 Å². The molecule has 2 amide bonds. The number of hydrogen-bond acceptors (Lipinski definition) is 7. The van der Waals surface area contributed by atoms with Crippen molar-refractivity contribution in [1.29, 1.82) is 0 Å². The molecule has 2 N–H and O–H groups in total. The molecule has 9 nitrogen and oxygen atoms in total. The standard InChI is InChI=1S/C25H24N2O7/c28-23(26-14-18-15-32-20-9-4-5-10-21(20)34-18)16-33-25(30)19(13-17-7-2-1-3-8-17)27-24(29)22-11-6-12-31-22/h1-12,18-19H,13-16H2,(H,26,28)(H,27,29). The van der Waals surface area contributed by atoms with Crippen LogP contribution in [0.25, 0.3) is 0 Å². The highest BCUT2D eigenvalue weighted by molar-refractivity contribution is 5.94. The topological polar surface area (TPSA) is 116 Å². The van der Waals surface area contributed by atoms with Crippen molar-refractivity contribution in [2.75, 3.05) is 19.8 Å². The van der Waals surface area contributed by atoms with Gasteiger partial charge in [0.15, 0.2) is 23.9 Å². The first-order valence-corrected chi connectivity index (χ1v) is 10.8. The molecule has 0 saturated heterocycles. The highest BCUT2D eigenvalue weighted by Gasteiger charge is 2.26. The zero-order chi connectivity index (χ0) is 23.8. The average Bonchev–Trinajstić information content (AvgIpc) is 3.41. The smallest absolute Gasteiger partial charge is 0.329 e. The van der Waals surface area contributed by atoms with Gasteiger partial charge in [-0.25, -0.2) is 4.79 Å². The molecule has 1 aromatic heterocycles. The molecule has 0 saturated carbocycles. The third kappa shape index (κ3) is 6.16. The number of esters is 1. The van der Waals surface area contributed by atoms with Gasteiger partial charge in [-0.1, -0.05) is 42.5 Å². The molecule has 2 atom stereocenters. The molecule has 0 spiro atoms. The lowest BCUT2D eigenvalue weighted by Crippen LogP contribution is -2.45. The second-order valence-electron chi connectivity index (χ2n) is 7.60. The molecule has 176 valence electrons. The van der Waals surface area contributed by atoms with Crippen LogP contribution in [0.2, 0.25) is 0 Å². The minimum Gasteiger partial charge on any atom is -0.486 e. The number of nitrogens with one attached hydrogen (secondary N) is 2. The molecule has 9 heteroatoms. The Balaban J connectivity index is 1.28. The van der Waals surface area contributed by atoms with Gasteiger partial charge in [-0.15, -0.1) is 0 Å². The molecule has 1 aliphatic rings. The Hall–Kier alpha value is -4.27. The molecule has 34 heavy (non-hydrogen) atoms. The van der Waals surface area contributed by atoms with E-state index in [-0.39, 0.29) is 31.4 Å². The largest absolute Gasteiger partial charge is 0.486 e. The quantitative estimate of drug-likeness (QED) is 0.466. The summed E-state index contributed by atoms with van der Waals surface area (Å²) in [6.07, 6.45) is 1.19. The van der Waals surface area contributed by atoms with Crippen molar-refractivity contribution in [2.24, 2.45) is 0 Å². The van der Waals surface area contributed by atoms with Crippen molar-refractivity contribution in [3.63, 3.8) is 0 Å². The van der Waals surface area contributed by atoms with Crippen molar-refractivity contribution < 1.29 is 33.0 Å². The van der Waals surface area contributed by atoms with Crippen LogP contribution in [-0.2, 0) is 20.7 Å². The number of fused-ring (bicyclic) bond motifs is 1. The predicted octanol–water partition coefficient (Wildman–Crippen LogP) is 2.12. The summed E-state index contributed by atoms with van der Waals surface area (Å²) >= 11 is 0. The number of amides is 2. The summed E-state index contributed by atoms with van der Waals surface area (Å²) in [7, 11) is 0. The molecule has 4 rings (SSSR count). The summed E-state index contributed by atoms with van der Waals surface area (Å²) in [4.78, 5) is 37.3. The van der Waals surface area contributed by atoms with Gasteiger partial charge in [-0.05, 0) is 29.8 Å². The molecule has 0 bridgehead atoms. The molecule has 2 heterocycles. The minimum atomic E-state index is -1.00. The predicted molar refractivity (Wildman–Crippen MR) is 120 cm³/mol. The number of furan rings is 1. The Kier molecular flexibility index (Phi) is 7.44. The molecule has 2 unspecified atom stereocenters. The van der Waals surface area contributed by atoms with Gasteiger partial charge in [-0.2, -0.15) is 0 Å². The Bertz CT molecular complexity index is 1120. The van der Waals surface area contributed by atoms with Crippen LogP contribution in [0.1, 0.15) is 16.1 Å². The molecule has 2 aromatic carbocycles. The third-order valence-electron chi connectivity index (χ3n) is 5.06. The van der Waals surface area contributed by atoms with E-state index in [0.29, 0.717) is 11.5 Å². The molecule has 3 aromatic rings. The number of ether oxygens (including phenoxy) is 3.